The van der Waals surface area contributed by atoms with Gasteiger partial charge in [-0.1, -0.05) is 0 Å². The Bertz CT molecular complexity index is 897. The second kappa shape index (κ2) is 6.78. The van der Waals surface area contributed by atoms with Gasteiger partial charge in [-0.25, -0.2) is 14.8 Å². The summed E-state index contributed by atoms with van der Waals surface area (Å²) in [4.78, 5) is 41.0. The number of carbonyl (C=O) groups is 3. The fourth-order valence-corrected chi connectivity index (χ4v) is 2.92. The van der Waals surface area contributed by atoms with Crippen LogP contribution in [0.2, 0.25) is 0 Å². The molecule has 1 aromatic carbocycles. The Morgan fingerprint density at radius 2 is 2.11 bits per heavy atom. The van der Waals surface area contributed by atoms with E-state index in [1.807, 2.05) is 0 Å². The van der Waals surface area contributed by atoms with Crippen LogP contribution < -0.4 is 16.5 Å². The van der Waals surface area contributed by atoms with Crippen molar-refractivity contribution in [2.45, 2.75) is 31.7 Å². The number of hydrogen-bond donors (Lipinski definition) is 3. The fourth-order valence-electron chi connectivity index (χ4n) is 2.92. The lowest BCUT2D eigenvalue weighted by molar-refractivity contribution is -0.128. The summed E-state index contributed by atoms with van der Waals surface area (Å²) in [6.07, 6.45) is 0.324. The van der Waals surface area contributed by atoms with Gasteiger partial charge in [-0.3, -0.25) is 19.3 Å². The van der Waals surface area contributed by atoms with Crippen molar-refractivity contribution in [1.29, 1.82) is 0 Å². The highest BCUT2D eigenvalue weighted by Crippen LogP contribution is 2.35. The molecule has 1 aromatic rings. The third-order valence-electron chi connectivity index (χ3n) is 4.55. The molecule has 3 rings (SSSR count). The van der Waals surface area contributed by atoms with Crippen LogP contribution in [0, 0.1) is 5.82 Å². The molecule has 0 spiro atoms. The van der Waals surface area contributed by atoms with E-state index in [9.17, 15) is 18.8 Å². The minimum absolute atomic E-state index is 0.00473. The molecule has 27 heavy (non-hydrogen) atoms. The lowest BCUT2D eigenvalue weighted by Gasteiger charge is -2.34. The molecule has 2 aliphatic rings. The average molecular weight is 374 g/mol. The van der Waals surface area contributed by atoms with E-state index in [-0.39, 0.29) is 48.3 Å². The van der Waals surface area contributed by atoms with Crippen molar-refractivity contribution in [3.8, 4) is 0 Å². The standard InChI is InChI=1S/C17H19FN6O3/c1-17(8-14(26)24(2)16(19)21-17)10-7-9(3-4-11(10)18)20-15(27)12-5-6-13(25)23-22-12/h3-4,7H,5-6,8H2,1-2H3,(H2,19,21)(H,20,27)(H,23,25). The number of halogens is 1. The first-order valence-electron chi connectivity index (χ1n) is 8.28. The maximum absolute atomic E-state index is 14.5. The number of hydrazone groups is 1. The molecule has 0 saturated heterocycles. The predicted molar refractivity (Wildman–Crippen MR) is 96.2 cm³/mol. The van der Waals surface area contributed by atoms with E-state index in [1.165, 1.54) is 30.1 Å². The van der Waals surface area contributed by atoms with Gasteiger partial charge in [0.1, 0.15) is 11.5 Å². The largest absolute Gasteiger partial charge is 0.369 e. The van der Waals surface area contributed by atoms with Crippen molar-refractivity contribution in [3.05, 3.63) is 29.6 Å². The molecule has 0 fully saturated rings. The highest BCUT2D eigenvalue weighted by molar-refractivity contribution is 6.43. The summed E-state index contributed by atoms with van der Waals surface area (Å²) in [7, 11) is 1.50. The van der Waals surface area contributed by atoms with Crippen molar-refractivity contribution >= 4 is 35.1 Å². The number of amides is 3. The quantitative estimate of drug-likeness (QED) is 0.708. The second-order valence-electron chi connectivity index (χ2n) is 6.62. The number of anilines is 1. The maximum Gasteiger partial charge on any atom is 0.271 e. The van der Waals surface area contributed by atoms with E-state index < -0.39 is 17.3 Å². The van der Waals surface area contributed by atoms with Crippen molar-refractivity contribution in [2.75, 3.05) is 12.4 Å². The minimum atomic E-state index is -1.19. The Morgan fingerprint density at radius 1 is 1.37 bits per heavy atom. The van der Waals surface area contributed by atoms with E-state index in [0.29, 0.717) is 5.69 Å². The van der Waals surface area contributed by atoms with Gasteiger partial charge in [0.2, 0.25) is 11.8 Å². The molecule has 4 N–H and O–H groups in total. The zero-order chi connectivity index (χ0) is 19.8. The smallest absolute Gasteiger partial charge is 0.271 e. The van der Waals surface area contributed by atoms with Gasteiger partial charge in [-0.15, -0.1) is 0 Å². The normalized spacial score (nSPS) is 22.7. The summed E-state index contributed by atoms with van der Waals surface area (Å²) < 4.78 is 14.5. The van der Waals surface area contributed by atoms with Gasteiger partial charge in [-0.05, 0) is 25.1 Å². The van der Waals surface area contributed by atoms with Crippen LogP contribution in [0.4, 0.5) is 10.1 Å². The minimum Gasteiger partial charge on any atom is -0.369 e. The highest BCUT2D eigenvalue weighted by atomic mass is 19.1. The van der Waals surface area contributed by atoms with E-state index in [2.05, 4.69) is 20.8 Å². The van der Waals surface area contributed by atoms with Crippen molar-refractivity contribution < 1.29 is 18.8 Å². The first-order chi connectivity index (χ1) is 12.7. The maximum atomic E-state index is 14.5. The SMILES string of the molecule is CN1C(=O)CC(C)(c2cc(NC(=O)C3=NNC(=O)CC3)ccc2F)N=C1N. The van der Waals surface area contributed by atoms with Crippen LogP contribution in [0.3, 0.4) is 0 Å². The number of guanidine groups is 1. The lowest BCUT2D eigenvalue weighted by atomic mass is 9.87. The fraction of sp³-hybridized carbons (Fsp3) is 0.353. The van der Waals surface area contributed by atoms with Gasteiger partial charge in [0.25, 0.3) is 5.91 Å². The number of rotatable bonds is 3. The third kappa shape index (κ3) is 3.64. The van der Waals surface area contributed by atoms with Gasteiger partial charge in [0.05, 0.1) is 12.0 Å². The average Bonchev–Trinajstić information content (AvgIpc) is 2.61. The van der Waals surface area contributed by atoms with Crippen LogP contribution in [0.25, 0.3) is 0 Å². The zero-order valence-corrected chi connectivity index (χ0v) is 14.9. The summed E-state index contributed by atoms with van der Waals surface area (Å²) in [6, 6.07) is 4.01. The molecular formula is C17H19FN6O3. The number of benzene rings is 1. The summed E-state index contributed by atoms with van der Waals surface area (Å²) in [5, 5.41) is 6.34. The Balaban J connectivity index is 1.88. The Morgan fingerprint density at radius 3 is 2.74 bits per heavy atom. The van der Waals surface area contributed by atoms with E-state index in [4.69, 9.17) is 5.73 Å². The molecule has 0 aromatic heterocycles. The zero-order valence-electron chi connectivity index (χ0n) is 14.9. The highest BCUT2D eigenvalue weighted by Gasteiger charge is 2.38. The number of nitrogens with two attached hydrogens (primary N) is 1. The molecule has 1 unspecified atom stereocenters. The third-order valence-corrected chi connectivity index (χ3v) is 4.55. The van der Waals surface area contributed by atoms with E-state index >= 15 is 0 Å². The number of nitrogens with one attached hydrogen (secondary N) is 2. The van der Waals surface area contributed by atoms with Crippen LogP contribution in [0.15, 0.2) is 28.3 Å². The van der Waals surface area contributed by atoms with E-state index in [1.54, 1.807) is 6.92 Å². The first-order valence-corrected chi connectivity index (χ1v) is 8.28. The van der Waals surface area contributed by atoms with Gasteiger partial charge >= 0.3 is 0 Å². The molecule has 3 amide bonds. The van der Waals surface area contributed by atoms with Gasteiger partial charge in [0, 0.05) is 31.1 Å². The summed E-state index contributed by atoms with van der Waals surface area (Å²) in [6.45, 7) is 1.61. The summed E-state index contributed by atoms with van der Waals surface area (Å²) in [5.41, 5.74) is 7.46. The van der Waals surface area contributed by atoms with Crippen molar-refractivity contribution in [2.24, 2.45) is 15.8 Å². The second-order valence-corrected chi connectivity index (χ2v) is 6.62. The Hall–Kier alpha value is -3.30. The topological polar surface area (TPSA) is 129 Å². The molecule has 2 aliphatic heterocycles. The van der Waals surface area contributed by atoms with E-state index in [0.717, 1.165) is 0 Å². The van der Waals surface area contributed by atoms with Crippen LogP contribution in [-0.2, 0) is 19.9 Å². The van der Waals surface area contributed by atoms with Crippen LogP contribution in [0.1, 0.15) is 31.7 Å². The Kier molecular flexibility index (Phi) is 4.64. The molecule has 9 nitrogen and oxygen atoms in total. The van der Waals surface area contributed by atoms with Crippen LogP contribution in [-0.4, -0.2) is 41.3 Å². The summed E-state index contributed by atoms with van der Waals surface area (Å²) in [5.74, 6) is -1.61. The Labute approximate surface area is 154 Å². The van der Waals surface area contributed by atoms with Crippen molar-refractivity contribution in [3.63, 3.8) is 0 Å². The predicted octanol–water partition coefficient (Wildman–Crippen LogP) is 0.422. The molecule has 10 heteroatoms. The number of nitrogens with zero attached hydrogens (tertiary/aromatic N) is 3. The lowest BCUT2D eigenvalue weighted by Crippen LogP contribution is -2.47. The molecule has 142 valence electrons. The van der Waals surface area contributed by atoms with Crippen LogP contribution in [0.5, 0.6) is 0 Å². The molecule has 2 heterocycles. The number of carbonyl (C=O) groups excluding carboxylic acids is 3. The summed E-state index contributed by atoms with van der Waals surface area (Å²) >= 11 is 0. The number of hydrogen-bond acceptors (Lipinski definition) is 6. The monoisotopic (exact) mass is 374 g/mol. The molecule has 0 saturated carbocycles. The van der Waals surface area contributed by atoms with Gasteiger partial charge in [-0.2, -0.15) is 5.10 Å². The number of aliphatic imine (C=N–C) groups is 1. The van der Waals surface area contributed by atoms with Crippen molar-refractivity contribution in [1.82, 2.24) is 10.3 Å². The molecular weight excluding hydrogens is 355 g/mol. The molecule has 0 radical (unpaired) electrons. The van der Waals surface area contributed by atoms with Gasteiger partial charge < -0.3 is 11.1 Å². The van der Waals surface area contributed by atoms with Crippen LogP contribution >= 0.6 is 0 Å². The molecule has 1 atom stereocenters. The first kappa shape index (κ1) is 18.5. The molecule has 0 aliphatic carbocycles. The molecule has 0 bridgehead atoms. The van der Waals surface area contributed by atoms with Gasteiger partial charge in [0.15, 0.2) is 5.96 Å².